The zero-order valence-corrected chi connectivity index (χ0v) is 12.9. The van der Waals surface area contributed by atoms with Gasteiger partial charge in [-0.15, -0.1) is 0 Å². The number of nitrogen functional groups attached to an aromatic ring is 1. The van der Waals surface area contributed by atoms with Gasteiger partial charge in [-0.05, 0) is 45.7 Å². The molecule has 0 bridgehead atoms. The average molecular weight is 292 g/mol. The van der Waals surface area contributed by atoms with E-state index in [1.165, 1.54) is 0 Å². The predicted molar refractivity (Wildman–Crippen MR) is 83.1 cm³/mol. The van der Waals surface area contributed by atoms with Crippen LogP contribution in [0.3, 0.4) is 0 Å². The molecule has 3 N–H and O–H groups in total. The van der Waals surface area contributed by atoms with Crippen molar-refractivity contribution in [1.82, 2.24) is 9.88 Å². The van der Waals surface area contributed by atoms with Crippen LogP contribution in [0.5, 0.6) is 0 Å². The summed E-state index contributed by atoms with van der Waals surface area (Å²) in [7, 11) is 0. The van der Waals surface area contributed by atoms with E-state index in [-0.39, 0.29) is 12.1 Å². The van der Waals surface area contributed by atoms with Gasteiger partial charge in [0.1, 0.15) is 17.2 Å². The van der Waals surface area contributed by atoms with Gasteiger partial charge in [-0.25, -0.2) is 9.78 Å². The first kappa shape index (κ1) is 15.4. The standard InChI is InChI=1S/C15H24N4O2/c1-15(2,3)21-14(20)19-9-5-6-11(10-19)17-13-8-4-7-12(16)18-13/h4,7-8,11H,5-6,9-10H2,1-3H3,(H3,16,17,18)/t11-/m0/s1. The van der Waals surface area contributed by atoms with E-state index >= 15 is 0 Å². The van der Waals surface area contributed by atoms with E-state index in [0.29, 0.717) is 12.4 Å². The Morgan fingerprint density at radius 3 is 2.90 bits per heavy atom. The third-order valence-corrected chi connectivity index (χ3v) is 3.20. The average Bonchev–Trinajstić information content (AvgIpc) is 2.37. The number of likely N-dealkylation sites (tertiary alicyclic amines) is 1. The second-order valence-electron chi connectivity index (χ2n) is 6.36. The molecule has 1 aliphatic heterocycles. The van der Waals surface area contributed by atoms with Crippen LogP contribution < -0.4 is 11.1 Å². The van der Waals surface area contributed by atoms with Gasteiger partial charge in [-0.2, -0.15) is 0 Å². The monoisotopic (exact) mass is 292 g/mol. The summed E-state index contributed by atoms with van der Waals surface area (Å²) in [5, 5.41) is 3.33. The fourth-order valence-electron chi connectivity index (χ4n) is 2.33. The van der Waals surface area contributed by atoms with Crippen molar-refractivity contribution < 1.29 is 9.53 Å². The topological polar surface area (TPSA) is 80.5 Å². The number of nitrogens with two attached hydrogens (primary N) is 1. The van der Waals surface area contributed by atoms with E-state index in [9.17, 15) is 4.79 Å². The molecule has 21 heavy (non-hydrogen) atoms. The number of nitrogens with one attached hydrogen (secondary N) is 1. The molecule has 1 aromatic heterocycles. The van der Waals surface area contributed by atoms with Crippen LogP contribution in [0.1, 0.15) is 33.6 Å². The van der Waals surface area contributed by atoms with E-state index in [2.05, 4.69) is 10.3 Å². The van der Waals surface area contributed by atoms with Crippen molar-refractivity contribution in [3.05, 3.63) is 18.2 Å². The summed E-state index contributed by atoms with van der Waals surface area (Å²) in [6.07, 6.45) is 1.68. The highest BCUT2D eigenvalue weighted by molar-refractivity contribution is 5.68. The maximum atomic E-state index is 12.1. The molecule has 6 nitrogen and oxygen atoms in total. The molecule has 0 unspecified atom stereocenters. The van der Waals surface area contributed by atoms with Crippen LogP contribution in [-0.2, 0) is 4.74 Å². The number of rotatable bonds is 2. The highest BCUT2D eigenvalue weighted by Gasteiger charge is 2.27. The molecule has 2 rings (SSSR count). The number of carbonyl (C=O) groups excluding carboxylic acids is 1. The van der Waals surface area contributed by atoms with Gasteiger partial charge in [0.25, 0.3) is 0 Å². The molecule has 0 spiro atoms. The summed E-state index contributed by atoms with van der Waals surface area (Å²) in [5.74, 6) is 1.23. The molecule has 2 heterocycles. The lowest BCUT2D eigenvalue weighted by Gasteiger charge is -2.34. The number of piperidine rings is 1. The predicted octanol–water partition coefficient (Wildman–Crippen LogP) is 2.48. The second-order valence-corrected chi connectivity index (χ2v) is 6.36. The third-order valence-electron chi connectivity index (χ3n) is 3.20. The maximum absolute atomic E-state index is 12.1. The molecule has 0 radical (unpaired) electrons. The van der Waals surface area contributed by atoms with Gasteiger partial charge in [-0.3, -0.25) is 0 Å². The molecular weight excluding hydrogens is 268 g/mol. The van der Waals surface area contributed by atoms with Crippen LogP contribution in [0.2, 0.25) is 0 Å². The van der Waals surface area contributed by atoms with E-state index in [4.69, 9.17) is 10.5 Å². The molecule has 0 aromatic carbocycles. The lowest BCUT2D eigenvalue weighted by molar-refractivity contribution is 0.0206. The van der Waals surface area contributed by atoms with E-state index in [0.717, 1.165) is 25.2 Å². The number of hydrogen-bond acceptors (Lipinski definition) is 5. The Morgan fingerprint density at radius 2 is 2.24 bits per heavy atom. The molecule has 1 aliphatic rings. The zero-order valence-electron chi connectivity index (χ0n) is 12.9. The first-order chi connectivity index (χ1) is 9.83. The Balaban J connectivity index is 1.93. The second kappa shape index (κ2) is 6.20. The Kier molecular flexibility index (Phi) is 4.55. The highest BCUT2D eigenvalue weighted by atomic mass is 16.6. The van der Waals surface area contributed by atoms with Crippen molar-refractivity contribution in [2.75, 3.05) is 24.1 Å². The number of hydrogen-bond donors (Lipinski definition) is 2. The van der Waals surface area contributed by atoms with Gasteiger partial charge in [0.05, 0.1) is 0 Å². The first-order valence-electron chi connectivity index (χ1n) is 7.30. The van der Waals surface area contributed by atoms with Gasteiger partial charge in [0, 0.05) is 19.1 Å². The van der Waals surface area contributed by atoms with Gasteiger partial charge in [0.2, 0.25) is 0 Å². The van der Waals surface area contributed by atoms with E-state index in [1.54, 1.807) is 11.0 Å². The van der Waals surface area contributed by atoms with Crippen molar-refractivity contribution in [3.63, 3.8) is 0 Å². The number of pyridine rings is 1. The van der Waals surface area contributed by atoms with Crippen molar-refractivity contribution >= 4 is 17.7 Å². The fourth-order valence-corrected chi connectivity index (χ4v) is 2.33. The summed E-state index contributed by atoms with van der Waals surface area (Å²) >= 11 is 0. The minimum atomic E-state index is -0.465. The largest absolute Gasteiger partial charge is 0.444 e. The molecule has 116 valence electrons. The van der Waals surface area contributed by atoms with Crippen molar-refractivity contribution in [3.8, 4) is 0 Å². The van der Waals surface area contributed by atoms with Gasteiger partial charge in [0.15, 0.2) is 0 Å². The summed E-state index contributed by atoms with van der Waals surface area (Å²) in [4.78, 5) is 18.1. The smallest absolute Gasteiger partial charge is 0.410 e. The molecule has 0 aliphatic carbocycles. The minimum absolute atomic E-state index is 0.167. The molecule has 1 amide bonds. The molecule has 1 atom stereocenters. The summed E-state index contributed by atoms with van der Waals surface area (Å²) in [6.45, 7) is 6.98. The van der Waals surface area contributed by atoms with Gasteiger partial charge < -0.3 is 20.7 Å². The van der Waals surface area contributed by atoms with E-state index < -0.39 is 5.60 Å². The fraction of sp³-hybridized carbons (Fsp3) is 0.600. The Labute approximate surface area is 125 Å². The Bertz CT molecular complexity index is 499. The Hall–Kier alpha value is -1.98. The van der Waals surface area contributed by atoms with Gasteiger partial charge in [-0.1, -0.05) is 6.07 Å². The summed E-state index contributed by atoms with van der Waals surface area (Å²) in [5.41, 5.74) is 5.21. The third kappa shape index (κ3) is 4.81. The van der Waals surface area contributed by atoms with E-state index in [1.807, 2.05) is 32.9 Å². The molecule has 1 fully saturated rings. The molecule has 1 aromatic rings. The molecule has 0 saturated carbocycles. The zero-order chi connectivity index (χ0) is 15.5. The molecule has 1 saturated heterocycles. The normalized spacial score (nSPS) is 19.2. The Morgan fingerprint density at radius 1 is 1.48 bits per heavy atom. The van der Waals surface area contributed by atoms with Crippen LogP contribution in [-0.4, -0.2) is 40.7 Å². The SMILES string of the molecule is CC(C)(C)OC(=O)N1CCC[C@H](Nc2cccc(N)n2)C1. The molecule has 6 heteroatoms. The van der Waals surface area contributed by atoms with Crippen LogP contribution in [0.15, 0.2) is 18.2 Å². The van der Waals surface area contributed by atoms with Gasteiger partial charge >= 0.3 is 6.09 Å². The number of carbonyl (C=O) groups is 1. The van der Waals surface area contributed by atoms with Crippen LogP contribution >= 0.6 is 0 Å². The van der Waals surface area contributed by atoms with Crippen LogP contribution in [0, 0.1) is 0 Å². The van der Waals surface area contributed by atoms with Crippen molar-refractivity contribution in [2.45, 2.75) is 45.3 Å². The number of ether oxygens (including phenoxy) is 1. The van der Waals surface area contributed by atoms with Crippen molar-refractivity contribution in [2.24, 2.45) is 0 Å². The number of nitrogens with zero attached hydrogens (tertiary/aromatic N) is 2. The quantitative estimate of drug-likeness (QED) is 0.875. The van der Waals surface area contributed by atoms with Crippen molar-refractivity contribution in [1.29, 1.82) is 0 Å². The summed E-state index contributed by atoms with van der Waals surface area (Å²) in [6, 6.07) is 5.65. The van der Waals surface area contributed by atoms with Crippen LogP contribution in [0.4, 0.5) is 16.4 Å². The molecular formula is C15H24N4O2. The summed E-state index contributed by atoms with van der Waals surface area (Å²) < 4.78 is 5.42. The number of amides is 1. The number of aromatic nitrogens is 1. The lowest BCUT2D eigenvalue weighted by Crippen LogP contribution is -2.47. The van der Waals surface area contributed by atoms with Crippen LogP contribution in [0.25, 0.3) is 0 Å². The highest BCUT2D eigenvalue weighted by Crippen LogP contribution is 2.18. The lowest BCUT2D eigenvalue weighted by atomic mass is 10.1. The maximum Gasteiger partial charge on any atom is 0.410 e. The number of anilines is 2. The first-order valence-corrected chi connectivity index (χ1v) is 7.30. The minimum Gasteiger partial charge on any atom is -0.444 e.